The molecule has 2 atom stereocenters. The van der Waals surface area contributed by atoms with Crippen LogP contribution in [0, 0.1) is 5.41 Å². The largest absolute Gasteiger partial charge is 0.342 e. The zero-order chi connectivity index (χ0) is 11.3. The number of nitrogens with zero attached hydrogens (tertiary/aromatic N) is 1. The fourth-order valence-corrected chi connectivity index (χ4v) is 2.30. The molecular formula is C12H18N2S. The number of allylic oxidation sites excluding steroid dienone is 2. The molecule has 0 amide bonds. The van der Waals surface area contributed by atoms with Gasteiger partial charge in [0.2, 0.25) is 0 Å². The van der Waals surface area contributed by atoms with Gasteiger partial charge in [-0.1, -0.05) is 42.1 Å². The number of thioether (sulfide) groups is 1. The molecule has 0 fully saturated rings. The lowest BCUT2D eigenvalue weighted by Gasteiger charge is -2.28. The van der Waals surface area contributed by atoms with Gasteiger partial charge >= 0.3 is 0 Å². The molecule has 0 aromatic rings. The van der Waals surface area contributed by atoms with Crippen LogP contribution in [0.15, 0.2) is 37.0 Å². The van der Waals surface area contributed by atoms with Gasteiger partial charge in [0, 0.05) is 17.8 Å². The topological polar surface area (TPSA) is 27.1 Å². The van der Waals surface area contributed by atoms with E-state index in [9.17, 15) is 0 Å². The zero-order valence-electron chi connectivity index (χ0n) is 9.31. The molecule has 0 aromatic carbocycles. The second-order valence-electron chi connectivity index (χ2n) is 3.58. The molecule has 3 heteroatoms. The number of amidine groups is 1. The van der Waals surface area contributed by atoms with Gasteiger partial charge in [0.1, 0.15) is 0 Å². The maximum Gasteiger partial charge on any atom is 0.157 e. The van der Waals surface area contributed by atoms with Crippen molar-refractivity contribution in [2.24, 2.45) is 0 Å². The van der Waals surface area contributed by atoms with E-state index >= 15 is 0 Å². The molecule has 1 aliphatic rings. The van der Waals surface area contributed by atoms with E-state index in [0.29, 0.717) is 10.4 Å². The molecular weight excluding hydrogens is 204 g/mol. The average Bonchev–Trinajstić information content (AvgIpc) is 2.24. The van der Waals surface area contributed by atoms with E-state index in [-0.39, 0.29) is 6.04 Å². The summed E-state index contributed by atoms with van der Waals surface area (Å²) in [6.45, 7) is 8.66. The molecule has 82 valence electrons. The highest BCUT2D eigenvalue weighted by Gasteiger charge is 2.16. The van der Waals surface area contributed by atoms with Gasteiger partial charge in [-0.3, -0.25) is 5.41 Å². The third-order valence-electron chi connectivity index (χ3n) is 2.26. The SMILES string of the molecule is C=CCN1C(=N)SC(C)/C=C\C=C/C1C. The lowest BCUT2D eigenvalue weighted by Crippen LogP contribution is -2.36. The minimum absolute atomic E-state index is 0.248. The maximum absolute atomic E-state index is 8.02. The molecule has 2 unspecified atom stereocenters. The summed E-state index contributed by atoms with van der Waals surface area (Å²) >= 11 is 1.58. The zero-order valence-corrected chi connectivity index (χ0v) is 10.1. The van der Waals surface area contributed by atoms with Gasteiger partial charge in [0.05, 0.1) is 0 Å². The molecule has 0 bridgehead atoms. The third kappa shape index (κ3) is 3.59. The fourth-order valence-electron chi connectivity index (χ4n) is 1.41. The van der Waals surface area contributed by atoms with E-state index in [2.05, 4.69) is 44.7 Å². The summed E-state index contributed by atoms with van der Waals surface area (Å²) in [5.41, 5.74) is 0. The van der Waals surface area contributed by atoms with Crippen molar-refractivity contribution in [3.63, 3.8) is 0 Å². The Labute approximate surface area is 96.2 Å². The summed E-state index contributed by atoms with van der Waals surface area (Å²) in [5, 5.41) is 8.98. The molecule has 1 heterocycles. The van der Waals surface area contributed by atoms with Crippen molar-refractivity contribution < 1.29 is 0 Å². The standard InChI is InChI=1S/C12H18N2S/c1-4-9-14-10(2)7-5-6-8-11(3)15-12(14)13/h4-8,10-11,13H,1,9H2,2-3H3/b7-5-,8-6-,13-12?. The van der Waals surface area contributed by atoms with E-state index in [4.69, 9.17) is 5.41 Å². The minimum atomic E-state index is 0.248. The van der Waals surface area contributed by atoms with Crippen LogP contribution in [0.2, 0.25) is 0 Å². The second kappa shape index (κ2) is 5.81. The Bertz CT molecular complexity index is 294. The van der Waals surface area contributed by atoms with Crippen molar-refractivity contribution in [3.8, 4) is 0 Å². The number of rotatable bonds is 2. The average molecular weight is 222 g/mol. The highest BCUT2D eigenvalue weighted by Crippen LogP contribution is 2.19. The molecule has 1 aliphatic heterocycles. The van der Waals surface area contributed by atoms with E-state index < -0.39 is 0 Å². The van der Waals surface area contributed by atoms with Crippen LogP contribution in [-0.2, 0) is 0 Å². The number of nitrogens with one attached hydrogen (secondary N) is 1. The first-order valence-corrected chi connectivity index (χ1v) is 6.01. The molecule has 0 saturated carbocycles. The van der Waals surface area contributed by atoms with Gasteiger partial charge in [0.25, 0.3) is 0 Å². The quantitative estimate of drug-likeness (QED) is 0.727. The molecule has 0 aliphatic carbocycles. The van der Waals surface area contributed by atoms with Crippen LogP contribution in [0.4, 0.5) is 0 Å². The summed E-state index contributed by atoms with van der Waals surface area (Å²) in [7, 11) is 0. The van der Waals surface area contributed by atoms with Gasteiger partial charge < -0.3 is 4.90 Å². The highest BCUT2D eigenvalue weighted by molar-refractivity contribution is 8.14. The Morgan fingerprint density at radius 3 is 2.80 bits per heavy atom. The molecule has 0 spiro atoms. The predicted octanol–water partition coefficient (Wildman–Crippen LogP) is 3.05. The van der Waals surface area contributed by atoms with Crippen LogP contribution in [0.1, 0.15) is 13.8 Å². The molecule has 2 nitrogen and oxygen atoms in total. The Hall–Kier alpha value is -0.960. The van der Waals surface area contributed by atoms with E-state index in [1.807, 2.05) is 11.0 Å². The molecule has 15 heavy (non-hydrogen) atoms. The normalized spacial score (nSPS) is 31.3. The third-order valence-corrected chi connectivity index (χ3v) is 3.25. The predicted molar refractivity (Wildman–Crippen MR) is 69.4 cm³/mol. The lowest BCUT2D eigenvalue weighted by molar-refractivity contribution is 0.420. The Morgan fingerprint density at radius 2 is 2.13 bits per heavy atom. The minimum Gasteiger partial charge on any atom is -0.342 e. The van der Waals surface area contributed by atoms with Crippen molar-refractivity contribution in [3.05, 3.63) is 37.0 Å². The van der Waals surface area contributed by atoms with Gasteiger partial charge in [-0.15, -0.1) is 6.58 Å². The molecule has 0 aromatic heterocycles. The van der Waals surface area contributed by atoms with Crippen molar-refractivity contribution in [2.75, 3.05) is 6.54 Å². The first-order valence-electron chi connectivity index (χ1n) is 5.13. The smallest absolute Gasteiger partial charge is 0.157 e. The summed E-state index contributed by atoms with van der Waals surface area (Å²) < 4.78 is 0. The van der Waals surface area contributed by atoms with Crippen LogP contribution < -0.4 is 0 Å². The second-order valence-corrected chi connectivity index (χ2v) is 4.95. The Morgan fingerprint density at radius 1 is 1.47 bits per heavy atom. The number of hydrogen-bond acceptors (Lipinski definition) is 2. The first kappa shape index (κ1) is 12.1. The van der Waals surface area contributed by atoms with Crippen LogP contribution in [0.3, 0.4) is 0 Å². The van der Waals surface area contributed by atoms with Crippen LogP contribution in [0.5, 0.6) is 0 Å². The maximum atomic E-state index is 8.02. The Kier molecular flexibility index (Phi) is 4.69. The van der Waals surface area contributed by atoms with Gasteiger partial charge in [-0.2, -0.15) is 0 Å². The van der Waals surface area contributed by atoms with E-state index in [0.717, 1.165) is 6.54 Å². The molecule has 0 saturated heterocycles. The summed E-state index contributed by atoms with van der Waals surface area (Å²) in [4.78, 5) is 2.04. The van der Waals surface area contributed by atoms with Crippen molar-refractivity contribution >= 4 is 16.9 Å². The van der Waals surface area contributed by atoms with E-state index in [1.165, 1.54) is 0 Å². The number of hydrogen-bond donors (Lipinski definition) is 1. The monoisotopic (exact) mass is 222 g/mol. The van der Waals surface area contributed by atoms with Crippen molar-refractivity contribution in [1.29, 1.82) is 5.41 Å². The van der Waals surface area contributed by atoms with Crippen LogP contribution >= 0.6 is 11.8 Å². The fraction of sp³-hybridized carbons (Fsp3) is 0.417. The molecule has 1 rings (SSSR count). The lowest BCUT2D eigenvalue weighted by atomic mass is 10.2. The summed E-state index contributed by atoms with van der Waals surface area (Å²) in [5.74, 6) is 0. The van der Waals surface area contributed by atoms with Gasteiger partial charge in [-0.05, 0) is 13.8 Å². The van der Waals surface area contributed by atoms with Crippen molar-refractivity contribution in [1.82, 2.24) is 4.90 Å². The molecule has 0 radical (unpaired) electrons. The molecule has 1 N–H and O–H groups in total. The van der Waals surface area contributed by atoms with Crippen molar-refractivity contribution in [2.45, 2.75) is 25.1 Å². The highest BCUT2D eigenvalue weighted by atomic mass is 32.2. The van der Waals surface area contributed by atoms with Gasteiger partial charge in [-0.25, -0.2) is 0 Å². The van der Waals surface area contributed by atoms with Gasteiger partial charge in [0.15, 0.2) is 5.17 Å². The summed E-state index contributed by atoms with van der Waals surface area (Å²) in [6.07, 6.45) is 10.2. The van der Waals surface area contributed by atoms with E-state index in [1.54, 1.807) is 11.8 Å². The Balaban J connectivity index is 2.83. The van der Waals surface area contributed by atoms with Crippen LogP contribution in [0.25, 0.3) is 0 Å². The van der Waals surface area contributed by atoms with Crippen LogP contribution in [-0.4, -0.2) is 27.9 Å². The summed E-state index contributed by atoms with van der Waals surface area (Å²) in [6, 6.07) is 0.248. The first-order chi connectivity index (χ1) is 7.15.